The summed E-state index contributed by atoms with van der Waals surface area (Å²) in [6.07, 6.45) is 2.33. The summed E-state index contributed by atoms with van der Waals surface area (Å²) >= 11 is 0. The van der Waals surface area contributed by atoms with E-state index >= 15 is 0 Å². The Bertz CT molecular complexity index is 784. The van der Waals surface area contributed by atoms with Crippen molar-refractivity contribution in [2.75, 3.05) is 26.2 Å². The second-order valence-electron chi connectivity index (χ2n) is 8.97. The standard InChI is InChI=1S/C22H28N2O3/c1-14(2)23-9-11-24(12-10-23)21(26)19-16-7-8-22(20(16)19)13-17(25)15-5-3-4-6-18(15)27-22/h3-6,14,16,19-20H,7-13H2,1-2H3/t16-,19+,20-,22-/m0/s1. The lowest BCUT2D eigenvalue weighted by Gasteiger charge is -2.39. The van der Waals surface area contributed by atoms with Crippen molar-refractivity contribution in [2.45, 2.75) is 44.8 Å². The van der Waals surface area contributed by atoms with Crippen LogP contribution < -0.4 is 4.74 Å². The first-order valence-electron chi connectivity index (χ1n) is 10.3. The number of carbonyl (C=O) groups excluding carboxylic acids is 2. The van der Waals surface area contributed by atoms with E-state index in [1.54, 1.807) is 0 Å². The molecular weight excluding hydrogens is 340 g/mol. The highest BCUT2D eigenvalue weighted by Gasteiger charge is 2.71. The molecular formula is C22H28N2O3. The van der Waals surface area contributed by atoms with Crippen LogP contribution in [0.15, 0.2) is 24.3 Å². The molecule has 1 aromatic rings. The molecule has 1 amide bonds. The Labute approximate surface area is 160 Å². The van der Waals surface area contributed by atoms with Crippen molar-refractivity contribution in [3.05, 3.63) is 29.8 Å². The molecule has 2 saturated carbocycles. The molecule has 0 N–H and O–H groups in total. The van der Waals surface area contributed by atoms with Gasteiger partial charge < -0.3 is 9.64 Å². The van der Waals surface area contributed by atoms with E-state index in [0.717, 1.165) is 39.0 Å². The highest BCUT2D eigenvalue weighted by molar-refractivity contribution is 6.00. The van der Waals surface area contributed by atoms with Gasteiger partial charge in [-0.1, -0.05) is 12.1 Å². The zero-order valence-electron chi connectivity index (χ0n) is 16.2. The predicted octanol–water partition coefficient (Wildman–Crippen LogP) is 2.60. The number of ether oxygens (including phenoxy) is 1. The van der Waals surface area contributed by atoms with Gasteiger partial charge in [-0.25, -0.2) is 0 Å². The monoisotopic (exact) mass is 368 g/mol. The molecule has 5 heteroatoms. The van der Waals surface area contributed by atoms with E-state index in [-0.39, 0.29) is 17.6 Å². The number of amides is 1. The molecule has 4 aliphatic rings. The number of hydrogen-bond donors (Lipinski definition) is 0. The van der Waals surface area contributed by atoms with Crippen molar-refractivity contribution in [2.24, 2.45) is 17.8 Å². The van der Waals surface area contributed by atoms with Gasteiger partial charge in [0.1, 0.15) is 11.4 Å². The van der Waals surface area contributed by atoms with Gasteiger partial charge in [0.05, 0.1) is 12.0 Å². The first-order valence-corrected chi connectivity index (χ1v) is 10.3. The normalized spacial score (nSPS) is 35.1. The van der Waals surface area contributed by atoms with Crippen molar-refractivity contribution >= 4 is 11.7 Å². The number of benzene rings is 1. The number of hydrogen-bond acceptors (Lipinski definition) is 4. The Kier molecular flexibility index (Phi) is 3.87. The van der Waals surface area contributed by atoms with Crippen molar-refractivity contribution < 1.29 is 14.3 Å². The Morgan fingerprint density at radius 2 is 1.93 bits per heavy atom. The fraction of sp³-hybridized carbons (Fsp3) is 0.636. The predicted molar refractivity (Wildman–Crippen MR) is 102 cm³/mol. The number of ketones is 1. The van der Waals surface area contributed by atoms with Gasteiger partial charge in [-0.2, -0.15) is 0 Å². The maximum absolute atomic E-state index is 13.2. The SMILES string of the molecule is CC(C)N1CCN(C(=O)[C@@H]2[C@@H]3CC[C@]4(CC(=O)c5ccccc5O4)[C@@H]32)CC1. The summed E-state index contributed by atoms with van der Waals surface area (Å²) < 4.78 is 6.42. The topological polar surface area (TPSA) is 49.9 Å². The molecule has 5 nitrogen and oxygen atoms in total. The molecule has 3 fully saturated rings. The zero-order chi connectivity index (χ0) is 18.8. The summed E-state index contributed by atoms with van der Waals surface area (Å²) in [7, 11) is 0. The molecule has 0 radical (unpaired) electrons. The first-order chi connectivity index (χ1) is 13.0. The second-order valence-corrected chi connectivity index (χ2v) is 8.97. The molecule has 27 heavy (non-hydrogen) atoms. The minimum absolute atomic E-state index is 0.0578. The van der Waals surface area contributed by atoms with Crippen LogP contribution in [0.4, 0.5) is 0 Å². The minimum atomic E-state index is -0.448. The summed E-state index contributed by atoms with van der Waals surface area (Å²) in [6, 6.07) is 8.08. The molecule has 1 aromatic carbocycles. The second kappa shape index (κ2) is 6.06. The molecule has 2 aliphatic heterocycles. The van der Waals surface area contributed by atoms with Crippen LogP contribution in [0, 0.1) is 17.8 Å². The number of nitrogens with zero attached hydrogens (tertiary/aromatic N) is 2. The quantitative estimate of drug-likeness (QED) is 0.805. The van der Waals surface area contributed by atoms with Gasteiger partial charge in [0.2, 0.25) is 5.91 Å². The maximum Gasteiger partial charge on any atom is 0.226 e. The molecule has 2 heterocycles. The number of para-hydroxylation sites is 1. The largest absolute Gasteiger partial charge is 0.486 e. The van der Waals surface area contributed by atoms with Crippen LogP contribution in [0.2, 0.25) is 0 Å². The molecule has 0 bridgehead atoms. The van der Waals surface area contributed by atoms with E-state index in [1.807, 2.05) is 29.2 Å². The average molecular weight is 368 g/mol. The Balaban J connectivity index is 1.31. The number of fused-ring (bicyclic) bond motifs is 3. The van der Waals surface area contributed by atoms with Gasteiger partial charge in [-0.3, -0.25) is 14.5 Å². The lowest BCUT2D eigenvalue weighted by atomic mass is 9.84. The summed E-state index contributed by atoms with van der Waals surface area (Å²) in [6.45, 7) is 7.98. The highest BCUT2D eigenvalue weighted by Crippen LogP contribution is 2.66. The Morgan fingerprint density at radius 3 is 2.67 bits per heavy atom. The summed E-state index contributed by atoms with van der Waals surface area (Å²) in [5.41, 5.74) is 0.246. The number of carbonyl (C=O) groups is 2. The molecule has 5 rings (SSSR count). The Morgan fingerprint density at radius 1 is 1.19 bits per heavy atom. The van der Waals surface area contributed by atoms with Crippen molar-refractivity contribution in [3.8, 4) is 5.75 Å². The van der Waals surface area contributed by atoms with Crippen LogP contribution in [-0.4, -0.2) is 59.3 Å². The fourth-order valence-corrected chi connectivity index (χ4v) is 5.77. The molecule has 4 atom stereocenters. The molecule has 144 valence electrons. The van der Waals surface area contributed by atoms with E-state index in [4.69, 9.17) is 4.74 Å². The van der Waals surface area contributed by atoms with Crippen LogP contribution in [0.25, 0.3) is 0 Å². The first kappa shape index (κ1) is 17.2. The van der Waals surface area contributed by atoms with Crippen molar-refractivity contribution in [1.82, 2.24) is 9.80 Å². The zero-order valence-corrected chi connectivity index (χ0v) is 16.2. The van der Waals surface area contributed by atoms with Gasteiger partial charge >= 0.3 is 0 Å². The van der Waals surface area contributed by atoms with Gasteiger partial charge in [0.15, 0.2) is 5.78 Å². The van der Waals surface area contributed by atoms with E-state index in [9.17, 15) is 9.59 Å². The highest BCUT2D eigenvalue weighted by atomic mass is 16.5. The molecule has 0 unspecified atom stereocenters. The van der Waals surface area contributed by atoms with Crippen LogP contribution in [-0.2, 0) is 4.79 Å². The summed E-state index contributed by atoms with van der Waals surface area (Å²) in [4.78, 5) is 30.4. The molecule has 1 saturated heterocycles. The molecule has 1 spiro atoms. The van der Waals surface area contributed by atoms with E-state index in [0.29, 0.717) is 35.6 Å². The van der Waals surface area contributed by atoms with E-state index < -0.39 is 5.60 Å². The molecule has 0 aromatic heterocycles. The minimum Gasteiger partial charge on any atom is -0.486 e. The average Bonchev–Trinajstić information content (AvgIpc) is 3.32. The maximum atomic E-state index is 13.2. The van der Waals surface area contributed by atoms with Crippen LogP contribution in [0.5, 0.6) is 5.75 Å². The summed E-state index contributed by atoms with van der Waals surface area (Å²) in [5, 5.41) is 0. The van der Waals surface area contributed by atoms with Gasteiger partial charge in [0.25, 0.3) is 0 Å². The summed E-state index contributed by atoms with van der Waals surface area (Å²) in [5.74, 6) is 1.84. The number of piperazine rings is 1. The van der Waals surface area contributed by atoms with Crippen LogP contribution >= 0.6 is 0 Å². The fourth-order valence-electron chi connectivity index (χ4n) is 5.77. The third-order valence-electron chi connectivity index (χ3n) is 7.28. The van der Waals surface area contributed by atoms with Crippen molar-refractivity contribution in [1.29, 1.82) is 0 Å². The smallest absolute Gasteiger partial charge is 0.226 e. The van der Waals surface area contributed by atoms with E-state index in [2.05, 4.69) is 18.7 Å². The third-order valence-corrected chi connectivity index (χ3v) is 7.28. The van der Waals surface area contributed by atoms with E-state index in [1.165, 1.54) is 0 Å². The third kappa shape index (κ3) is 2.62. The molecule has 2 aliphatic carbocycles. The lowest BCUT2D eigenvalue weighted by molar-refractivity contribution is -0.136. The van der Waals surface area contributed by atoms with Crippen molar-refractivity contribution in [3.63, 3.8) is 0 Å². The number of Topliss-reactive ketones (excluding diaryl/α,β-unsaturated/α-hetero) is 1. The van der Waals surface area contributed by atoms with Crippen LogP contribution in [0.3, 0.4) is 0 Å². The van der Waals surface area contributed by atoms with Crippen LogP contribution in [0.1, 0.15) is 43.5 Å². The number of rotatable bonds is 2. The van der Waals surface area contributed by atoms with Gasteiger partial charge in [-0.05, 0) is 44.7 Å². The van der Waals surface area contributed by atoms with Gasteiger partial charge in [-0.15, -0.1) is 0 Å². The Hall–Kier alpha value is -1.88. The lowest BCUT2D eigenvalue weighted by Crippen LogP contribution is -2.52. The van der Waals surface area contributed by atoms with Gasteiger partial charge in [0, 0.05) is 44.1 Å².